The molecule has 0 unspecified atom stereocenters. The van der Waals surface area contributed by atoms with Gasteiger partial charge in [-0.05, 0) is 31.2 Å². The summed E-state index contributed by atoms with van der Waals surface area (Å²) in [5.74, 6) is -0.563. The summed E-state index contributed by atoms with van der Waals surface area (Å²) >= 11 is 0. The molecule has 10 heteroatoms. The number of benzene rings is 1. The lowest BCUT2D eigenvalue weighted by Crippen LogP contribution is -2.08. The third-order valence-corrected chi connectivity index (χ3v) is 3.74. The minimum Gasteiger partial charge on any atom is -0.494 e. The molecule has 1 aromatic carbocycles. The monoisotopic (exact) mass is 336 g/mol. The SMILES string of the molecule is Cc1c(C#N)c(O)[nH]c(=O)c1N=Nc1ccc(S(=O)(=O)F)cc1. The summed E-state index contributed by atoms with van der Waals surface area (Å²) < 4.78 is 34.1. The van der Waals surface area contributed by atoms with E-state index in [1.807, 2.05) is 0 Å². The molecular formula is C13H9FN4O4S. The molecule has 2 rings (SSSR count). The van der Waals surface area contributed by atoms with Crippen molar-refractivity contribution < 1.29 is 17.4 Å². The van der Waals surface area contributed by atoms with E-state index in [9.17, 15) is 22.2 Å². The molecule has 0 aliphatic rings. The number of hydrogen-bond acceptors (Lipinski definition) is 7. The summed E-state index contributed by atoms with van der Waals surface area (Å²) in [6.07, 6.45) is 0. The number of rotatable bonds is 3. The van der Waals surface area contributed by atoms with Crippen LogP contribution in [0.5, 0.6) is 5.88 Å². The zero-order valence-electron chi connectivity index (χ0n) is 11.6. The summed E-state index contributed by atoms with van der Waals surface area (Å²) in [6, 6.07) is 6.12. The lowest BCUT2D eigenvalue weighted by molar-refractivity contribution is 0.449. The molecule has 0 aliphatic carbocycles. The van der Waals surface area contributed by atoms with Crippen LogP contribution in [0.3, 0.4) is 0 Å². The lowest BCUT2D eigenvalue weighted by atomic mass is 10.1. The minimum atomic E-state index is -4.81. The molecule has 2 aromatic rings. The van der Waals surface area contributed by atoms with E-state index in [-0.39, 0.29) is 22.5 Å². The highest BCUT2D eigenvalue weighted by Gasteiger charge is 2.14. The summed E-state index contributed by atoms with van der Waals surface area (Å²) in [5.41, 5.74) is -0.757. The molecule has 2 N–H and O–H groups in total. The van der Waals surface area contributed by atoms with Crippen LogP contribution in [-0.2, 0) is 10.2 Å². The predicted octanol–water partition coefficient (Wildman–Crippen LogP) is 2.33. The molecule has 0 radical (unpaired) electrons. The van der Waals surface area contributed by atoms with E-state index in [0.717, 1.165) is 12.1 Å². The van der Waals surface area contributed by atoms with E-state index in [1.165, 1.54) is 19.1 Å². The molecule has 0 fully saturated rings. The molecular weight excluding hydrogens is 327 g/mol. The van der Waals surface area contributed by atoms with Gasteiger partial charge in [0.2, 0.25) is 5.88 Å². The first-order valence-corrected chi connectivity index (χ1v) is 7.45. The Bertz CT molecular complexity index is 988. The van der Waals surface area contributed by atoms with Crippen molar-refractivity contribution in [1.82, 2.24) is 4.98 Å². The normalized spacial score (nSPS) is 11.5. The van der Waals surface area contributed by atoms with Gasteiger partial charge in [-0.1, -0.05) is 0 Å². The standard InChI is InChI=1S/C13H9FN4O4S/c1-7-10(6-15)12(19)16-13(20)11(7)18-17-8-2-4-9(5-3-8)23(14,21)22/h2-5H,1H3,(H2,16,19,20). The lowest BCUT2D eigenvalue weighted by Gasteiger charge is -2.02. The van der Waals surface area contributed by atoms with Gasteiger partial charge in [-0.15, -0.1) is 9.00 Å². The van der Waals surface area contributed by atoms with Gasteiger partial charge in [-0.25, -0.2) is 0 Å². The Morgan fingerprint density at radius 3 is 2.39 bits per heavy atom. The number of nitrogens with one attached hydrogen (secondary N) is 1. The predicted molar refractivity (Wildman–Crippen MR) is 77.1 cm³/mol. The molecule has 0 atom stereocenters. The van der Waals surface area contributed by atoms with Crippen molar-refractivity contribution >= 4 is 21.6 Å². The number of nitrogens with zero attached hydrogens (tertiary/aromatic N) is 3. The smallest absolute Gasteiger partial charge is 0.332 e. The minimum absolute atomic E-state index is 0.139. The molecule has 23 heavy (non-hydrogen) atoms. The maximum Gasteiger partial charge on any atom is 0.332 e. The van der Waals surface area contributed by atoms with Crippen LogP contribution in [0.15, 0.2) is 44.2 Å². The van der Waals surface area contributed by atoms with Gasteiger partial charge >= 0.3 is 10.2 Å². The summed E-state index contributed by atoms with van der Waals surface area (Å²) in [4.78, 5) is 13.3. The highest BCUT2D eigenvalue weighted by Crippen LogP contribution is 2.25. The molecule has 0 amide bonds. The van der Waals surface area contributed by atoms with Crippen LogP contribution < -0.4 is 5.56 Å². The fourth-order valence-electron chi connectivity index (χ4n) is 1.74. The Balaban J connectivity index is 2.42. The molecule has 0 bridgehead atoms. The van der Waals surface area contributed by atoms with Gasteiger partial charge in [0.25, 0.3) is 5.56 Å². The fraction of sp³-hybridized carbons (Fsp3) is 0.0769. The van der Waals surface area contributed by atoms with Crippen LogP contribution in [0.2, 0.25) is 0 Å². The van der Waals surface area contributed by atoms with Crippen LogP contribution in [0.4, 0.5) is 15.3 Å². The van der Waals surface area contributed by atoms with Crippen LogP contribution in [-0.4, -0.2) is 18.5 Å². The Morgan fingerprint density at radius 1 is 1.26 bits per heavy atom. The van der Waals surface area contributed by atoms with E-state index < -0.39 is 26.6 Å². The Kier molecular flexibility index (Phi) is 4.24. The van der Waals surface area contributed by atoms with E-state index in [0.29, 0.717) is 0 Å². The quantitative estimate of drug-likeness (QED) is 0.655. The van der Waals surface area contributed by atoms with Crippen LogP contribution in [0.1, 0.15) is 11.1 Å². The van der Waals surface area contributed by atoms with Crippen molar-refractivity contribution in [2.24, 2.45) is 10.2 Å². The van der Waals surface area contributed by atoms with Gasteiger partial charge < -0.3 is 5.11 Å². The Morgan fingerprint density at radius 2 is 1.87 bits per heavy atom. The second-order valence-electron chi connectivity index (χ2n) is 4.39. The number of halogens is 1. The third kappa shape index (κ3) is 3.41. The molecule has 0 saturated carbocycles. The maximum absolute atomic E-state index is 12.7. The first-order valence-electron chi connectivity index (χ1n) is 6.06. The zero-order valence-corrected chi connectivity index (χ0v) is 12.4. The first kappa shape index (κ1) is 16.3. The van der Waals surface area contributed by atoms with Gasteiger partial charge in [0.05, 0.1) is 10.6 Å². The van der Waals surface area contributed by atoms with Gasteiger partial charge in [0.15, 0.2) is 5.69 Å². The Labute approximate surface area is 129 Å². The number of aromatic hydroxyl groups is 1. The van der Waals surface area contributed by atoms with Crippen LogP contribution in [0.25, 0.3) is 0 Å². The van der Waals surface area contributed by atoms with Gasteiger partial charge in [0, 0.05) is 5.56 Å². The molecule has 0 spiro atoms. The highest BCUT2D eigenvalue weighted by molar-refractivity contribution is 7.86. The average Bonchev–Trinajstić information content (AvgIpc) is 2.46. The van der Waals surface area contributed by atoms with E-state index in [4.69, 9.17) is 5.26 Å². The van der Waals surface area contributed by atoms with Crippen molar-refractivity contribution in [2.75, 3.05) is 0 Å². The van der Waals surface area contributed by atoms with Gasteiger partial charge in [-0.3, -0.25) is 9.78 Å². The number of aromatic nitrogens is 1. The van der Waals surface area contributed by atoms with Crippen LogP contribution >= 0.6 is 0 Å². The van der Waals surface area contributed by atoms with E-state index >= 15 is 0 Å². The third-order valence-electron chi connectivity index (χ3n) is 2.91. The van der Waals surface area contributed by atoms with E-state index in [2.05, 4.69) is 15.2 Å². The van der Waals surface area contributed by atoms with Gasteiger partial charge in [-0.2, -0.15) is 18.8 Å². The van der Waals surface area contributed by atoms with Crippen LogP contribution in [0, 0.1) is 18.3 Å². The van der Waals surface area contributed by atoms with Crippen molar-refractivity contribution in [2.45, 2.75) is 11.8 Å². The highest BCUT2D eigenvalue weighted by atomic mass is 32.3. The van der Waals surface area contributed by atoms with Crippen molar-refractivity contribution in [3.63, 3.8) is 0 Å². The summed E-state index contributed by atoms with van der Waals surface area (Å²) in [5, 5.41) is 25.8. The second-order valence-corrected chi connectivity index (χ2v) is 5.74. The average molecular weight is 336 g/mol. The zero-order chi connectivity index (χ0) is 17.2. The number of azo groups is 1. The fourth-order valence-corrected chi connectivity index (χ4v) is 2.20. The number of aromatic amines is 1. The molecule has 0 aliphatic heterocycles. The van der Waals surface area contributed by atoms with Gasteiger partial charge in [0.1, 0.15) is 11.6 Å². The van der Waals surface area contributed by atoms with Crippen molar-refractivity contribution in [3.8, 4) is 11.9 Å². The molecule has 1 aromatic heterocycles. The summed E-state index contributed by atoms with van der Waals surface area (Å²) in [6.45, 7) is 1.42. The Hall–Kier alpha value is -3.06. The topological polar surface area (TPSA) is 136 Å². The number of nitriles is 1. The largest absolute Gasteiger partial charge is 0.494 e. The number of hydrogen-bond donors (Lipinski definition) is 2. The van der Waals surface area contributed by atoms with E-state index in [1.54, 1.807) is 6.07 Å². The molecule has 1 heterocycles. The van der Waals surface area contributed by atoms with Crippen molar-refractivity contribution in [3.05, 3.63) is 45.7 Å². The molecule has 8 nitrogen and oxygen atoms in total. The number of pyridine rings is 1. The molecule has 118 valence electrons. The first-order chi connectivity index (χ1) is 10.7. The maximum atomic E-state index is 12.7. The number of H-pyrrole nitrogens is 1. The second kappa shape index (κ2) is 5.98. The molecule has 0 saturated heterocycles. The summed E-state index contributed by atoms with van der Waals surface area (Å²) in [7, 11) is -4.81. The van der Waals surface area contributed by atoms with Crippen molar-refractivity contribution in [1.29, 1.82) is 5.26 Å².